The van der Waals surface area contributed by atoms with Gasteiger partial charge < -0.3 is 5.32 Å². The summed E-state index contributed by atoms with van der Waals surface area (Å²) in [4.78, 5) is 30.7. The maximum Gasteiger partial charge on any atom is 0.325 e. The SMILES string of the molecule is CC1=C(C#N)C(c2cccc(-c3ccncc3)c2)N(C(=O)NC(C)C)C(=O)C1. The van der Waals surface area contributed by atoms with Crippen molar-refractivity contribution in [1.82, 2.24) is 15.2 Å². The molecule has 1 unspecified atom stereocenters. The number of carbonyl (C=O) groups excluding carboxylic acids is 2. The second-order valence-corrected chi connectivity index (χ2v) is 7.11. The highest BCUT2D eigenvalue weighted by Gasteiger charge is 2.38. The molecule has 0 saturated heterocycles. The Morgan fingerprint density at radius 2 is 1.96 bits per heavy atom. The maximum absolute atomic E-state index is 12.8. The van der Waals surface area contributed by atoms with Crippen LogP contribution in [0, 0.1) is 11.3 Å². The minimum absolute atomic E-state index is 0.0644. The van der Waals surface area contributed by atoms with Crippen LogP contribution >= 0.6 is 0 Å². The first-order chi connectivity index (χ1) is 13.4. The number of nitriles is 1. The molecule has 6 nitrogen and oxygen atoms in total. The summed E-state index contributed by atoms with van der Waals surface area (Å²) in [5, 5.41) is 12.5. The molecule has 3 amide bonds. The number of nitrogens with zero attached hydrogens (tertiary/aromatic N) is 3. The third-order valence-corrected chi connectivity index (χ3v) is 4.64. The fourth-order valence-electron chi connectivity index (χ4n) is 3.37. The normalized spacial score (nSPS) is 16.9. The molecule has 0 spiro atoms. The van der Waals surface area contributed by atoms with Gasteiger partial charge in [0.05, 0.1) is 11.6 Å². The maximum atomic E-state index is 12.8. The number of amides is 3. The second-order valence-electron chi connectivity index (χ2n) is 7.11. The molecule has 1 aromatic carbocycles. The van der Waals surface area contributed by atoms with E-state index in [9.17, 15) is 14.9 Å². The average Bonchev–Trinajstić information content (AvgIpc) is 2.67. The van der Waals surface area contributed by atoms with Crippen LogP contribution in [0.15, 0.2) is 59.9 Å². The highest BCUT2D eigenvalue weighted by Crippen LogP contribution is 2.37. The Labute approximate surface area is 164 Å². The zero-order valence-electron chi connectivity index (χ0n) is 16.1. The van der Waals surface area contributed by atoms with Gasteiger partial charge >= 0.3 is 6.03 Å². The number of rotatable bonds is 3. The number of imide groups is 1. The van der Waals surface area contributed by atoms with Crippen molar-refractivity contribution in [2.24, 2.45) is 0 Å². The number of hydrogen-bond donors (Lipinski definition) is 1. The lowest BCUT2D eigenvalue weighted by molar-refractivity contribution is -0.129. The van der Waals surface area contributed by atoms with Crippen molar-refractivity contribution in [3.63, 3.8) is 0 Å². The van der Waals surface area contributed by atoms with Crippen molar-refractivity contribution < 1.29 is 9.59 Å². The quantitative estimate of drug-likeness (QED) is 0.880. The topological polar surface area (TPSA) is 86.1 Å². The van der Waals surface area contributed by atoms with Crippen molar-refractivity contribution >= 4 is 11.9 Å². The lowest BCUT2D eigenvalue weighted by Gasteiger charge is -2.35. The summed E-state index contributed by atoms with van der Waals surface area (Å²) < 4.78 is 0. The number of benzene rings is 1. The van der Waals surface area contributed by atoms with Gasteiger partial charge in [-0.3, -0.25) is 14.7 Å². The van der Waals surface area contributed by atoms with E-state index in [0.717, 1.165) is 16.7 Å². The number of aromatic nitrogens is 1. The monoisotopic (exact) mass is 374 g/mol. The predicted molar refractivity (Wildman–Crippen MR) is 106 cm³/mol. The molecule has 2 heterocycles. The molecule has 1 aromatic heterocycles. The van der Waals surface area contributed by atoms with Crippen LogP contribution in [0.25, 0.3) is 11.1 Å². The Hall–Kier alpha value is -3.46. The van der Waals surface area contributed by atoms with Gasteiger partial charge in [-0.1, -0.05) is 18.2 Å². The van der Waals surface area contributed by atoms with Gasteiger partial charge in [-0.2, -0.15) is 5.26 Å². The summed E-state index contributed by atoms with van der Waals surface area (Å²) in [5.74, 6) is -0.311. The molecule has 0 radical (unpaired) electrons. The number of carbonyl (C=O) groups is 2. The highest BCUT2D eigenvalue weighted by atomic mass is 16.2. The third kappa shape index (κ3) is 3.79. The molecule has 28 heavy (non-hydrogen) atoms. The Kier molecular flexibility index (Phi) is 5.55. The molecule has 0 aliphatic carbocycles. The number of nitrogens with one attached hydrogen (secondary N) is 1. The number of pyridine rings is 1. The number of urea groups is 1. The molecule has 3 rings (SSSR count). The Balaban J connectivity index is 2.11. The van der Waals surface area contributed by atoms with Crippen LogP contribution in [0.4, 0.5) is 4.79 Å². The minimum Gasteiger partial charge on any atom is -0.335 e. The molecule has 1 aliphatic heterocycles. The first-order valence-electron chi connectivity index (χ1n) is 9.15. The molecule has 0 saturated carbocycles. The third-order valence-electron chi connectivity index (χ3n) is 4.64. The van der Waals surface area contributed by atoms with Gasteiger partial charge in [0.15, 0.2) is 0 Å². The first-order valence-corrected chi connectivity index (χ1v) is 9.15. The summed E-state index contributed by atoms with van der Waals surface area (Å²) in [5.41, 5.74) is 3.75. The fraction of sp³-hybridized carbons (Fsp3) is 0.273. The van der Waals surface area contributed by atoms with E-state index in [1.807, 2.05) is 50.2 Å². The standard InChI is InChI=1S/C22H22N4O2/c1-14(2)25-22(28)26-20(27)11-15(3)19(13-23)21(26)18-6-4-5-17(12-18)16-7-9-24-10-8-16/h4-10,12,14,21H,11H2,1-3H3,(H,25,28). The Morgan fingerprint density at radius 1 is 1.25 bits per heavy atom. The van der Waals surface area contributed by atoms with Crippen LogP contribution in [0.5, 0.6) is 0 Å². The second kappa shape index (κ2) is 8.05. The van der Waals surface area contributed by atoms with Crippen LogP contribution < -0.4 is 5.32 Å². The van der Waals surface area contributed by atoms with Crippen LogP contribution in [0.3, 0.4) is 0 Å². The fourth-order valence-corrected chi connectivity index (χ4v) is 3.37. The summed E-state index contributed by atoms with van der Waals surface area (Å²) >= 11 is 0. The highest BCUT2D eigenvalue weighted by molar-refractivity contribution is 5.98. The van der Waals surface area contributed by atoms with E-state index in [1.165, 1.54) is 4.90 Å². The van der Waals surface area contributed by atoms with Crippen molar-refractivity contribution in [3.05, 3.63) is 65.5 Å². The van der Waals surface area contributed by atoms with Crippen molar-refractivity contribution in [3.8, 4) is 17.2 Å². The lowest BCUT2D eigenvalue weighted by atomic mass is 9.88. The molecule has 6 heteroatoms. The first kappa shape index (κ1) is 19.3. The largest absolute Gasteiger partial charge is 0.335 e. The molecule has 142 valence electrons. The lowest BCUT2D eigenvalue weighted by Crippen LogP contribution is -2.50. The van der Waals surface area contributed by atoms with E-state index in [-0.39, 0.29) is 18.4 Å². The Morgan fingerprint density at radius 3 is 2.61 bits per heavy atom. The molecule has 1 N–H and O–H groups in total. The van der Waals surface area contributed by atoms with Crippen LogP contribution in [-0.2, 0) is 4.79 Å². The summed E-state index contributed by atoms with van der Waals surface area (Å²) in [6.07, 6.45) is 3.48. The smallest absolute Gasteiger partial charge is 0.325 e. The van der Waals surface area contributed by atoms with E-state index in [0.29, 0.717) is 11.1 Å². The van der Waals surface area contributed by atoms with Gasteiger partial charge in [0, 0.05) is 24.9 Å². The van der Waals surface area contributed by atoms with Crippen LogP contribution in [0.2, 0.25) is 0 Å². The molecular weight excluding hydrogens is 352 g/mol. The van der Waals surface area contributed by atoms with Gasteiger partial charge in [0.2, 0.25) is 5.91 Å². The summed E-state index contributed by atoms with van der Waals surface area (Å²) in [6, 6.07) is 12.2. The van der Waals surface area contributed by atoms with Gasteiger partial charge in [-0.25, -0.2) is 4.79 Å². The average molecular weight is 374 g/mol. The molecule has 1 aliphatic rings. The van der Waals surface area contributed by atoms with Crippen molar-refractivity contribution in [2.75, 3.05) is 0 Å². The molecule has 2 aromatic rings. The molecule has 0 bridgehead atoms. The van der Waals surface area contributed by atoms with Crippen molar-refractivity contribution in [1.29, 1.82) is 5.26 Å². The van der Waals surface area contributed by atoms with Crippen molar-refractivity contribution in [2.45, 2.75) is 39.3 Å². The summed E-state index contributed by atoms with van der Waals surface area (Å²) in [6.45, 7) is 5.43. The van der Waals surface area contributed by atoms with E-state index in [1.54, 1.807) is 19.3 Å². The van der Waals surface area contributed by atoms with Gasteiger partial charge in [0.1, 0.15) is 6.04 Å². The summed E-state index contributed by atoms with van der Waals surface area (Å²) in [7, 11) is 0. The van der Waals surface area contributed by atoms with Gasteiger partial charge in [-0.05, 0) is 61.2 Å². The Bertz CT molecular complexity index is 974. The van der Waals surface area contributed by atoms with Crippen LogP contribution in [0.1, 0.15) is 38.8 Å². The van der Waals surface area contributed by atoms with E-state index in [4.69, 9.17) is 0 Å². The van der Waals surface area contributed by atoms with Gasteiger partial charge in [0.25, 0.3) is 0 Å². The zero-order chi connectivity index (χ0) is 20.3. The molecular formula is C22H22N4O2. The van der Waals surface area contributed by atoms with Gasteiger partial charge in [-0.15, -0.1) is 0 Å². The van der Waals surface area contributed by atoms with Crippen LogP contribution in [-0.4, -0.2) is 27.9 Å². The van der Waals surface area contributed by atoms with E-state index >= 15 is 0 Å². The predicted octanol–water partition coefficient (Wildman–Crippen LogP) is 3.98. The molecule has 0 fully saturated rings. The van der Waals surface area contributed by atoms with E-state index < -0.39 is 12.1 Å². The van der Waals surface area contributed by atoms with E-state index in [2.05, 4.69) is 16.4 Å². The number of hydrogen-bond acceptors (Lipinski definition) is 4. The molecule has 1 atom stereocenters. The zero-order valence-corrected chi connectivity index (χ0v) is 16.1. The minimum atomic E-state index is -0.744.